The highest BCUT2D eigenvalue weighted by atomic mass is 35.5. The first-order chi connectivity index (χ1) is 8.60. The van der Waals surface area contributed by atoms with E-state index < -0.39 is 0 Å². The Morgan fingerprint density at radius 3 is 2.83 bits per heavy atom. The summed E-state index contributed by atoms with van der Waals surface area (Å²) in [6, 6.07) is 6.38. The summed E-state index contributed by atoms with van der Waals surface area (Å²) in [5.41, 5.74) is 0.828. The Bertz CT molecular complexity index is 626. The normalized spacial score (nSPS) is 10.6. The van der Waals surface area contributed by atoms with Crippen molar-refractivity contribution in [3.63, 3.8) is 0 Å². The molecular formula is C12H10Cl2N2O2. The molecule has 1 heterocycles. The lowest BCUT2D eigenvalue weighted by atomic mass is 10.1. The minimum Gasteiger partial charge on any atom is -0.377 e. The fourth-order valence-electron chi connectivity index (χ4n) is 1.54. The lowest BCUT2D eigenvalue weighted by molar-refractivity contribution is 0.177. The molecule has 2 aromatic rings. The van der Waals surface area contributed by atoms with Crippen LogP contribution in [0.15, 0.2) is 29.1 Å². The summed E-state index contributed by atoms with van der Waals surface area (Å²) in [6.45, 7) is 0.223. The van der Waals surface area contributed by atoms with Crippen LogP contribution < -0.4 is 5.56 Å². The third-order valence-corrected chi connectivity index (χ3v) is 2.84. The lowest BCUT2D eigenvalue weighted by Gasteiger charge is -2.06. The number of benzene rings is 1. The Kier molecular flexibility index (Phi) is 4.01. The monoisotopic (exact) mass is 284 g/mol. The summed E-state index contributed by atoms with van der Waals surface area (Å²) >= 11 is 12.0. The molecule has 4 nitrogen and oxygen atoms in total. The van der Waals surface area contributed by atoms with Crippen molar-refractivity contribution in [3.05, 3.63) is 50.5 Å². The molecule has 2 rings (SSSR count). The zero-order valence-corrected chi connectivity index (χ0v) is 11.0. The van der Waals surface area contributed by atoms with Crippen molar-refractivity contribution in [3.8, 4) is 11.3 Å². The summed E-state index contributed by atoms with van der Waals surface area (Å²) in [4.78, 5) is 18.4. The number of halogens is 2. The van der Waals surface area contributed by atoms with Crippen LogP contribution in [0, 0.1) is 0 Å². The molecule has 0 unspecified atom stereocenters. The molecule has 0 aliphatic carbocycles. The van der Waals surface area contributed by atoms with Gasteiger partial charge in [-0.05, 0) is 18.2 Å². The van der Waals surface area contributed by atoms with Gasteiger partial charge in [-0.3, -0.25) is 4.79 Å². The molecule has 94 valence electrons. The van der Waals surface area contributed by atoms with Crippen LogP contribution in [0.1, 0.15) is 5.82 Å². The molecule has 0 amide bonds. The van der Waals surface area contributed by atoms with E-state index in [4.69, 9.17) is 27.9 Å². The van der Waals surface area contributed by atoms with Crippen LogP contribution in [0.2, 0.25) is 10.0 Å². The number of methoxy groups -OCH3 is 1. The molecular weight excluding hydrogens is 275 g/mol. The van der Waals surface area contributed by atoms with Crippen molar-refractivity contribution in [2.75, 3.05) is 7.11 Å². The Balaban J connectivity index is 2.56. The second-order valence-corrected chi connectivity index (χ2v) is 4.48. The smallest absolute Gasteiger partial charge is 0.251 e. The maximum absolute atomic E-state index is 11.5. The Morgan fingerprint density at radius 1 is 1.33 bits per heavy atom. The van der Waals surface area contributed by atoms with Gasteiger partial charge >= 0.3 is 0 Å². The third-order valence-electron chi connectivity index (χ3n) is 2.28. The number of ether oxygens (including phenoxy) is 1. The zero-order chi connectivity index (χ0) is 13.1. The topological polar surface area (TPSA) is 55.0 Å². The molecule has 18 heavy (non-hydrogen) atoms. The molecule has 1 aromatic heterocycles. The van der Waals surface area contributed by atoms with E-state index in [2.05, 4.69) is 9.97 Å². The highest BCUT2D eigenvalue weighted by Gasteiger charge is 2.08. The van der Waals surface area contributed by atoms with Gasteiger partial charge in [-0.15, -0.1) is 0 Å². The third kappa shape index (κ3) is 2.90. The number of aromatic amines is 1. The molecule has 1 N–H and O–H groups in total. The van der Waals surface area contributed by atoms with E-state index in [1.165, 1.54) is 13.2 Å². The van der Waals surface area contributed by atoms with Gasteiger partial charge < -0.3 is 9.72 Å². The number of nitrogens with zero attached hydrogens (tertiary/aromatic N) is 1. The Hall–Kier alpha value is -1.36. The first-order valence-electron chi connectivity index (χ1n) is 5.15. The van der Waals surface area contributed by atoms with Crippen molar-refractivity contribution >= 4 is 23.2 Å². The van der Waals surface area contributed by atoms with Crippen molar-refractivity contribution in [1.82, 2.24) is 9.97 Å². The van der Waals surface area contributed by atoms with Crippen LogP contribution in [-0.4, -0.2) is 17.1 Å². The summed E-state index contributed by atoms with van der Waals surface area (Å²) in [7, 11) is 1.53. The molecule has 1 aromatic carbocycles. The highest BCUT2D eigenvalue weighted by molar-refractivity contribution is 6.35. The van der Waals surface area contributed by atoms with E-state index in [1.54, 1.807) is 18.2 Å². The van der Waals surface area contributed by atoms with Crippen LogP contribution >= 0.6 is 23.2 Å². The number of H-pyrrole nitrogens is 1. The van der Waals surface area contributed by atoms with Gasteiger partial charge in [0.2, 0.25) is 0 Å². The quantitative estimate of drug-likeness (QED) is 0.943. The number of nitrogens with one attached hydrogen (secondary N) is 1. The molecule has 0 saturated carbocycles. The SMILES string of the molecule is COCc1nc(-c2cc(Cl)ccc2Cl)cc(=O)[nH]1. The fraction of sp³-hybridized carbons (Fsp3) is 0.167. The van der Waals surface area contributed by atoms with Gasteiger partial charge in [-0.25, -0.2) is 4.98 Å². The summed E-state index contributed by atoms with van der Waals surface area (Å²) in [5, 5.41) is 1.02. The van der Waals surface area contributed by atoms with E-state index in [9.17, 15) is 4.79 Å². The molecule has 0 spiro atoms. The van der Waals surface area contributed by atoms with E-state index in [0.717, 1.165) is 0 Å². The maximum atomic E-state index is 11.5. The van der Waals surface area contributed by atoms with Gasteiger partial charge in [0, 0.05) is 23.8 Å². The first kappa shape index (κ1) is 13.1. The Morgan fingerprint density at radius 2 is 2.11 bits per heavy atom. The number of rotatable bonds is 3. The molecule has 0 fully saturated rings. The van der Waals surface area contributed by atoms with Gasteiger partial charge in [0.15, 0.2) is 0 Å². The minimum atomic E-state index is -0.261. The largest absolute Gasteiger partial charge is 0.377 e. The molecule has 0 saturated heterocycles. The van der Waals surface area contributed by atoms with Crippen LogP contribution in [0.5, 0.6) is 0 Å². The van der Waals surface area contributed by atoms with Gasteiger partial charge in [-0.2, -0.15) is 0 Å². The second-order valence-electron chi connectivity index (χ2n) is 3.63. The standard InChI is InChI=1S/C12H10Cl2N2O2/c1-18-6-11-15-10(5-12(17)16-11)8-4-7(13)2-3-9(8)14/h2-5H,6H2,1H3,(H,15,16,17). The van der Waals surface area contributed by atoms with E-state index in [-0.39, 0.29) is 12.2 Å². The van der Waals surface area contributed by atoms with Crippen molar-refractivity contribution in [1.29, 1.82) is 0 Å². The minimum absolute atomic E-state index is 0.223. The molecule has 0 aliphatic rings. The Labute approximate surface area is 114 Å². The summed E-state index contributed by atoms with van der Waals surface area (Å²) < 4.78 is 4.94. The van der Waals surface area contributed by atoms with Gasteiger partial charge in [0.25, 0.3) is 5.56 Å². The van der Waals surface area contributed by atoms with Gasteiger partial charge in [-0.1, -0.05) is 23.2 Å². The fourth-order valence-corrected chi connectivity index (χ4v) is 1.93. The average molecular weight is 285 g/mol. The van der Waals surface area contributed by atoms with Crippen molar-refractivity contribution in [2.24, 2.45) is 0 Å². The summed E-state index contributed by atoms with van der Waals surface area (Å²) in [6.07, 6.45) is 0. The molecule has 0 radical (unpaired) electrons. The summed E-state index contributed by atoms with van der Waals surface area (Å²) in [5.74, 6) is 0.441. The lowest BCUT2D eigenvalue weighted by Crippen LogP contribution is -2.11. The molecule has 6 heteroatoms. The van der Waals surface area contributed by atoms with Crippen LogP contribution in [0.3, 0.4) is 0 Å². The number of aromatic nitrogens is 2. The highest BCUT2D eigenvalue weighted by Crippen LogP contribution is 2.28. The van der Waals surface area contributed by atoms with Gasteiger partial charge in [0.1, 0.15) is 12.4 Å². The van der Waals surface area contributed by atoms with Crippen LogP contribution in [0.4, 0.5) is 0 Å². The average Bonchev–Trinajstić information content (AvgIpc) is 2.32. The van der Waals surface area contributed by atoms with Crippen LogP contribution in [0.25, 0.3) is 11.3 Å². The van der Waals surface area contributed by atoms with Crippen LogP contribution in [-0.2, 0) is 11.3 Å². The van der Waals surface area contributed by atoms with Gasteiger partial charge in [0.05, 0.1) is 10.7 Å². The van der Waals surface area contributed by atoms with Crippen molar-refractivity contribution < 1.29 is 4.74 Å². The van der Waals surface area contributed by atoms with E-state index >= 15 is 0 Å². The zero-order valence-electron chi connectivity index (χ0n) is 9.54. The second kappa shape index (κ2) is 5.52. The molecule has 0 bridgehead atoms. The molecule has 0 atom stereocenters. The maximum Gasteiger partial charge on any atom is 0.251 e. The van der Waals surface area contributed by atoms with Crippen molar-refractivity contribution in [2.45, 2.75) is 6.61 Å². The predicted octanol–water partition coefficient (Wildman–Crippen LogP) is 2.89. The number of hydrogen-bond acceptors (Lipinski definition) is 3. The molecule has 0 aliphatic heterocycles. The predicted molar refractivity (Wildman–Crippen MR) is 71.0 cm³/mol. The number of hydrogen-bond donors (Lipinski definition) is 1. The first-order valence-corrected chi connectivity index (χ1v) is 5.90. The van der Waals surface area contributed by atoms with E-state index in [0.29, 0.717) is 27.1 Å². The van der Waals surface area contributed by atoms with E-state index in [1.807, 2.05) is 0 Å².